The van der Waals surface area contributed by atoms with Crippen LogP contribution < -0.4 is 0 Å². The minimum Gasteiger partial charge on any atom is -0.508 e. The number of hydrogen-bond donors (Lipinski definition) is 1. The van der Waals surface area contributed by atoms with E-state index in [4.69, 9.17) is 9.98 Å². The van der Waals surface area contributed by atoms with Crippen LogP contribution in [0.1, 0.15) is 118 Å². The maximum absolute atomic E-state index is 11.2. The monoisotopic (exact) mass is 896 g/mol. The van der Waals surface area contributed by atoms with Gasteiger partial charge in [0.05, 0.1) is 35.2 Å². The zero-order valence-corrected chi connectivity index (χ0v) is 37.3. The van der Waals surface area contributed by atoms with Crippen LogP contribution in [0.5, 0.6) is 5.75 Å². The summed E-state index contributed by atoms with van der Waals surface area (Å²) in [5, 5.41) is 11.2. The number of aromatic hydroxyl groups is 1. The molecule has 1 N–H and O–H groups in total. The molecule has 11 heteroatoms. The number of rotatable bonds is 10. The smallest absolute Gasteiger partial charge is 0.116 e. The number of hydrogen-bond acceptors (Lipinski definition) is 5. The van der Waals surface area contributed by atoms with Crippen molar-refractivity contribution in [2.45, 2.75) is 86.0 Å². The first-order valence-corrected chi connectivity index (χ1v) is 17.0. The SMILES string of the molecule is Cc1c(-c2cc(C(C)C)c(N=Cc3ccccn3)c(C(C)C)c2)cc(O)cc1-c1cc(C(C)C)c(N=Cc2ccccn2)c(C(C)C)c1.Cl.Cl.Cl.Cl.[Ni].[Ni]. The molecule has 0 unspecified atom stereocenters. The third-order valence-electron chi connectivity index (χ3n) is 8.87. The van der Waals surface area contributed by atoms with E-state index in [0.29, 0.717) is 0 Å². The molecule has 0 saturated carbocycles. The molecule has 5 nitrogen and oxygen atoms in total. The van der Waals surface area contributed by atoms with Crippen molar-refractivity contribution in [3.05, 3.63) is 124 Å². The van der Waals surface area contributed by atoms with Crippen LogP contribution in [-0.4, -0.2) is 27.5 Å². The third kappa shape index (κ3) is 12.6. The number of pyridine rings is 2. The van der Waals surface area contributed by atoms with Gasteiger partial charge in [-0.15, -0.1) is 49.6 Å². The van der Waals surface area contributed by atoms with Gasteiger partial charge in [-0.1, -0.05) is 67.5 Å². The van der Waals surface area contributed by atoms with Gasteiger partial charge in [0.25, 0.3) is 0 Å². The van der Waals surface area contributed by atoms with Crippen LogP contribution in [0.15, 0.2) is 95.2 Å². The van der Waals surface area contributed by atoms with E-state index in [-0.39, 0.29) is 112 Å². The van der Waals surface area contributed by atoms with Crippen LogP contribution in [0.3, 0.4) is 0 Å². The summed E-state index contributed by atoms with van der Waals surface area (Å²) in [6.07, 6.45) is 7.29. The maximum Gasteiger partial charge on any atom is 0.116 e. The van der Waals surface area contributed by atoms with Gasteiger partial charge in [0.1, 0.15) is 5.75 Å². The van der Waals surface area contributed by atoms with Crippen LogP contribution in [0.4, 0.5) is 11.4 Å². The van der Waals surface area contributed by atoms with Crippen molar-refractivity contribution >= 4 is 73.4 Å². The van der Waals surface area contributed by atoms with Gasteiger partial charge in [0.2, 0.25) is 0 Å². The average molecular weight is 900 g/mol. The van der Waals surface area contributed by atoms with Crippen molar-refractivity contribution in [2.24, 2.45) is 9.98 Å². The molecule has 0 aliphatic carbocycles. The molecule has 0 amide bonds. The van der Waals surface area contributed by atoms with E-state index in [1.165, 1.54) is 22.3 Å². The second-order valence-electron chi connectivity index (χ2n) is 13.8. The molecule has 5 aromatic rings. The fourth-order valence-corrected chi connectivity index (χ4v) is 6.19. The Bertz CT molecular complexity index is 1770. The summed E-state index contributed by atoms with van der Waals surface area (Å²) in [5.41, 5.74) is 13.7. The van der Waals surface area contributed by atoms with Gasteiger partial charge >= 0.3 is 0 Å². The summed E-state index contributed by atoms with van der Waals surface area (Å²) in [6.45, 7) is 19.9. The Morgan fingerprint density at radius 1 is 0.519 bits per heavy atom. The molecule has 2 aromatic heterocycles. The standard InChI is InChI=1S/C43H48N4O.4ClH.2Ni/c1-26(2)36-18-31(19-37(27(3)4)42(36)46-24-33-14-10-12-16-44-33)40-22-35(48)23-41(30(40)9)32-20-38(28(5)6)43(39(21-32)29(7)8)47-25-34-15-11-13-17-45-34;;;;;;/h10-29,48H,1-9H3;4*1H;;. The molecule has 0 atom stereocenters. The van der Waals surface area contributed by atoms with Gasteiger partial charge in [0, 0.05) is 45.4 Å². The molecule has 0 radical (unpaired) electrons. The number of phenolic OH excluding ortho intramolecular Hbond substituents is 1. The van der Waals surface area contributed by atoms with Crippen LogP contribution in [0, 0.1) is 6.92 Å². The van der Waals surface area contributed by atoms with E-state index >= 15 is 0 Å². The molecule has 0 saturated heterocycles. The Balaban J connectivity index is 0. The summed E-state index contributed by atoms with van der Waals surface area (Å²) < 4.78 is 0. The quantitative estimate of drug-likeness (QED) is 0.112. The van der Waals surface area contributed by atoms with Crippen molar-refractivity contribution in [3.8, 4) is 28.0 Å². The predicted molar refractivity (Wildman–Crippen MR) is 232 cm³/mol. The first kappa shape index (κ1) is 53.3. The predicted octanol–water partition coefficient (Wildman–Crippen LogP) is 13.5. The number of halogens is 4. The van der Waals surface area contributed by atoms with Crippen molar-refractivity contribution in [2.75, 3.05) is 0 Å². The summed E-state index contributed by atoms with van der Waals surface area (Å²) >= 11 is 0. The van der Waals surface area contributed by atoms with E-state index in [1.807, 2.05) is 61.0 Å². The number of benzene rings is 3. The van der Waals surface area contributed by atoms with Crippen LogP contribution in [0.25, 0.3) is 22.3 Å². The second kappa shape index (κ2) is 24.0. The van der Waals surface area contributed by atoms with Gasteiger partial charge in [-0.25, -0.2) is 0 Å². The average Bonchev–Trinajstić information content (AvgIpc) is 3.07. The largest absolute Gasteiger partial charge is 0.508 e. The Hall–Kier alpha value is -2.75. The van der Waals surface area contributed by atoms with Gasteiger partial charge in [-0.05, 0) is 141 Å². The molecule has 0 aliphatic heterocycles. The maximum atomic E-state index is 11.2. The van der Waals surface area contributed by atoms with Crippen LogP contribution >= 0.6 is 49.6 Å². The fourth-order valence-electron chi connectivity index (χ4n) is 6.19. The molecular formula is C43H52Cl4N4Ni2O. The Labute approximate surface area is 367 Å². The zero-order chi connectivity index (χ0) is 34.5. The number of nitrogens with zero attached hydrogens (tertiary/aromatic N) is 4. The van der Waals surface area contributed by atoms with Crippen LogP contribution in [-0.2, 0) is 33.0 Å². The van der Waals surface area contributed by atoms with Crippen molar-refractivity contribution in [1.29, 1.82) is 0 Å². The van der Waals surface area contributed by atoms with Gasteiger partial charge in [-0.3, -0.25) is 20.0 Å². The van der Waals surface area contributed by atoms with E-state index in [2.05, 4.69) is 96.5 Å². The minimum absolute atomic E-state index is 0. The van der Waals surface area contributed by atoms with E-state index in [1.54, 1.807) is 12.4 Å². The molecular weight excluding hydrogens is 848 g/mol. The molecule has 2 heterocycles. The van der Waals surface area contributed by atoms with Crippen molar-refractivity contribution in [3.63, 3.8) is 0 Å². The molecule has 54 heavy (non-hydrogen) atoms. The van der Waals surface area contributed by atoms with Gasteiger partial charge < -0.3 is 5.11 Å². The first-order chi connectivity index (χ1) is 22.9. The number of aromatic nitrogens is 2. The number of phenols is 1. The van der Waals surface area contributed by atoms with Crippen molar-refractivity contribution in [1.82, 2.24) is 9.97 Å². The first-order valence-electron chi connectivity index (χ1n) is 17.0. The Kier molecular flexibility index (Phi) is 23.7. The molecule has 0 fully saturated rings. The summed E-state index contributed by atoms with van der Waals surface area (Å²) in [5.74, 6) is 1.23. The Morgan fingerprint density at radius 2 is 0.833 bits per heavy atom. The minimum atomic E-state index is 0. The van der Waals surface area contributed by atoms with Crippen LogP contribution in [0.2, 0.25) is 0 Å². The fraction of sp³-hybridized carbons (Fsp3) is 0.302. The summed E-state index contributed by atoms with van der Waals surface area (Å²) in [7, 11) is 0. The molecule has 0 spiro atoms. The molecule has 0 bridgehead atoms. The summed E-state index contributed by atoms with van der Waals surface area (Å²) in [6, 6.07) is 24.5. The van der Waals surface area contributed by atoms with Gasteiger partial charge in [-0.2, -0.15) is 0 Å². The van der Waals surface area contributed by atoms with Gasteiger partial charge in [0.15, 0.2) is 0 Å². The third-order valence-corrected chi connectivity index (χ3v) is 8.87. The normalized spacial score (nSPS) is 10.8. The molecule has 5 rings (SSSR count). The zero-order valence-electron chi connectivity index (χ0n) is 32.0. The topological polar surface area (TPSA) is 70.7 Å². The molecule has 0 aliphatic rings. The Morgan fingerprint density at radius 3 is 1.09 bits per heavy atom. The van der Waals surface area contributed by atoms with E-state index in [9.17, 15) is 5.11 Å². The number of aliphatic imine (C=N–C) groups is 2. The van der Waals surface area contributed by atoms with E-state index in [0.717, 1.165) is 50.6 Å². The molecule has 3 aromatic carbocycles. The van der Waals surface area contributed by atoms with E-state index < -0.39 is 0 Å². The molecule has 298 valence electrons. The summed E-state index contributed by atoms with van der Waals surface area (Å²) in [4.78, 5) is 18.9. The second-order valence-corrected chi connectivity index (χ2v) is 13.8. The van der Waals surface area contributed by atoms with Crippen molar-refractivity contribution < 1.29 is 38.1 Å².